The summed E-state index contributed by atoms with van der Waals surface area (Å²) in [5.74, 6) is 1.94. The Kier molecular flexibility index (Phi) is 8.24. The van der Waals surface area contributed by atoms with Crippen LogP contribution in [0.3, 0.4) is 0 Å². The van der Waals surface area contributed by atoms with Crippen LogP contribution >= 0.6 is 11.3 Å². The number of aliphatic imine (C=N–C) groups is 1. The summed E-state index contributed by atoms with van der Waals surface area (Å²) in [5.41, 5.74) is 0. The second-order valence-corrected chi connectivity index (χ2v) is 8.11. The Morgan fingerprint density at radius 2 is 2.15 bits per heavy atom. The lowest BCUT2D eigenvalue weighted by Crippen LogP contribution is -2.49. The van der Waals surface area contributed by atoms with Crippen LogP contribution in [0.5, 0.6) is 0 Å². The van der Waals surface area contributed by atoms with E-state index in [0.29, 0.717) is 6.04 Å². The minimum Gasteiger partial charge on any atom is -0.469 e. The van der Waals surface area contributed by atoms with Crippen molar-refractivity contribution >= 4 is 17.3 Å². The maximum atomic E-state index is 5.43. The third-order valence-corrected chi connectivity index (χ3v) is 5.86. The van der Waals surface area contributed by atoms with E-state index in [1.807, 2.05) is 12.1 Å². The number of piperidine rings is 1. The van der Waals surface area contributed by atoms with Crippen molar-refractivity contribution in [1.82, 2.24) is 15.5 Å². The molecule has 2 aromatic heterocycles. The van der Waals surface area contributed by atoms with Crippen LogP contribution < -0.4 is 10.6 Å². The standard InChI is InChI=1S/C21H32N4OS/c1-2-13-25-14-9-18(10-15-25)24-21(22-11-7-19-5-3-16-26-19)23-12-8-20-6-4-17-27-20/h3-6,16-18H,2,7-15H2,1H3,(H2,22,23,24). The summed E-state index contributed by atoms with van der Waals surface area (Å²) in [6, 6.07) is 8.75. The van der Waals surface area contributed by atoms with E-state index < -0.39 is 0 Å². The fourth-order valence-corrected chi connectivity index (χ4v) is 4.15. The number of rotatable bonds is 9. The van der Waals surface area contributed by atoms with E-state index in [0.717, 1.165) is 37.7 Å². The zero-order valence-corrected chi connectivity index (χ0v) is 17.1. The average molecular weight is 389 g/mol. The zero-order chi connectivity index (χ0) is 18.7. The first-order valence-corrected chi connectivity index (χ1v) is 11.0. The topological polar surface area (TPSA) is 52.8 Å². The molecule has 0 amide bonds. The van der Waals surface area contributed by atoms with E-state index in [-0.39, 0.29) is 0 Å². The van der Waals surface area contributed by atoms with E-state index in [2.05, 4.69) is 40.0 Å². The average Bonchev–Trinajstić information content (AvgIpc) is 3.37. The lowest BCUT2D eigenvalue weighted by atomic mass is 10.1. The summed E-state index contributed by atoms with van der Waals surface area (Å²) in [6.45, 7) is 7.47. The van der Waals surface area contributed by atoms with Crippen molar-refractivity contribution in [3.05, 3.63) is 46.5 Å². The van der Waals surface area contributed by atoms with Crippen LogP contribution in [0.15, 0.2) is 45.3 Å². The second-order valence-electron chi connectivity index (χ2n) is 7.08. The van der Waals surface area contributed by atoms with Gasteiger partial charge in [-0.1, -0.05) is 13.0 Å². The number of furan rings is 1. The number of nitrogens with zero attached hydrogens (tertiary/aromatic N) is 2. The van der Waals surface area contributed by atoms with Gasteiger partial charge in [0.05, 0.1) is 6.26 Å². The van der Waals surface area contributed by atoms with Gasteiger partial charge in [-0.05, 0) is 49.4 Å². The van der Waals surface area contributed by atoms with Gasteiger partial charge >= 0.3 is 0 Å². The van der Waals surface area contributed by atoms with Crippen molar-refractivity contribution in [1.29, 1.82) is 0 Å². The van der Waals surface area contributed by atoms with Crippen molar-refractivity contribution in [2.75, 3.05) is 32.7 Å². The van der Waals surface area contributed by atoms with Crippen molar-refractivity contribution in [2.45, 2.75) is 45.1 Å². The molecule has 1 aliphatic heterocycles. The summed E-state index contributed by atoms with van der Waals surface area (Å²) >= 11 is 1.80. The molecule has 3 heterocycles. The molecule has 2 aromatic rings. The van der Waals surface area contributed by atoms with Gasteiger partial charge in [0, 0.05) is 49.9 Å². The third-order valence-electron chi connectivity index (χ3n) is 4.92. The highest BCUT2D eigenvalue weighted by Crippen LogP contribution is 2.11. The summed E-state index contributed by atoms with van der Waals surface area (Å²) in [5, 5.41) is 9.28. The van der Waals surface area contributed by atoms with Gasteiger partial charge in [-0.15, -0.1) is 11.3 Å². The van der Waals surface area contributed by atoms with Gasteiger partial charge in [0.2, 0.25) is 0 Å². The minimum absolute atomic E-state index is 0.509. The molecule has 2 N–H and O–H groups in total. The number of nitrogens with one attached hydrogen (secondary N) is 2. The maximum Gasteiger partial charge on any atom is 0.191 e. The predicted octanol–water partition coefficient (Wildman–Crippen LogP) is 3.54. The first-order valence-electron chi connectivity index (χ1n) is 10.2. The number of likely N-dealkylation sites (tertiary alicyclic amines) is 1. The lowest BCUT2D eigenvalue weighted by Gasteiger charge is -2.32. The van der Waals surface area contributed by atoms with E-state index >= 15 is 0 Å². The van der Waals surface area contributed by atoms with Gasteiger partial charge in [0.15, 0.2) is 5.96 Å². The van der Waals surface area contributed by atoms with Crippen molar-refractivity contribution in [3.8, 4) is 0 Å². The highest BCUT2D eigenvalue weighted by atomic mass is 32.1. The lowest BCUT2D eigenvalue weighted by molar-refractivity contribution is 0.206. The zero-order valence-electron chi connectivity index (χ0n) is 16.3. The minimum atomic E-state index is 0.509. The van der Waals surface area contributed by atoms with Crippen molar-refractivity contribution in [3.63, 3.8) is 0 Å². The summed E-state index contributed by atoms with van der Waals surface area (Å²) in [7, 11) is 0. The highest BCUT2D eigenvalue weighted by molar-refractivity contribution is 7.09. The first kappa shape index (κ1) is 20.0. The molecule has 3 rings (SSSR count). The van der Waals surface area contributed by atoms with Crippen LogP contribution in [0, 0.1) is 0 Å². The van der Waals surface area contributed by atoms with Crippen LogP contribution in [0.2, 0.25) is 0 Å². The van der Waals surface area contributed by atoms with Gasteiger partial charge in [-0.3, -0.25) is 4.99 Å². The fourth-order valence-electron chi connectivity index (χ4n) is 3.45. The summed E-state index contributed by atoms with van der Waals surface area (Å²) < 4.78 is 5.43. The molecular formula is C21H32N4OS. The number of hydrogen-bond donors (Lipinski definition) is 2. The summed E-state index contributed by atoms with van der Waals surface area (Å²) in [6.07, 6.45) is 7.20. The molecule has 0 unspecified atom stereocenters. The smallest absolute Gasteiger partial charge is 0.191 e. The molecule has 0 aliphatic carbocycles. The van der Waals surface area contributed by atoms with Crippen LogP contribution in [0.25, 0.3) is 0 Å². The molecule has 6 heteroatoms. The van der Waals surface area contributed by atoms with Crippen molar-refractivity contribution < 1.29 is 4.42 Å². The molecule has 1 fully saturated rings. The van der Waals surface area contributed by atoms with Gasteiger partial charge < -0.3 is 20.0 Å². The Morgan fingerprint density at radius 1 is 1.26 bits per heavy atom. The molecular weight excluding hydrogens is 356 g/mol. The molecule has 0 radical (unpaired) electrons. The fraction of sp³-hybridized carbons (Fsp3) is 0.571. The van der Waals surface area contributed by atoms with E-state index in [1.165, 1.54) is 43.8 Å². The van der Waals surface area contributed by atoms with Crippen LogP contribution in [-0.4, -0.2) is 49.6 Å². The maximum absolute atomic E-state index is 5.43. The molecule has 0 bridgehead atoms. The molecule has 0 aromatic carbocycles. The Morgan fingerprint density at radius 3 is 2.85 bits per heavy atom. The van der Waals surface area contributed by atoms with Crippen LogP contribution in [0.4, 0.5) is 0 Å². The Labute approximate surface area is 166 Å². The quantitative estimate of drug-likeness (QED) is 0.510. The Balaban J connectivity index is 1.48. The monoisotopic (exact) mass is 388 g/mol. The number of thiophene rings is 1. The molecule has 1 saturated heterocycles. The normalized spacial score (nSPS) is 16.6. The largest absolute Gasteiger partial charge is 0.469 e. The molecule has 0 atom stereocenters. The summed E-state index contributed by atoms with van der Waals surface area (Å²) in [4.78, 5) is 8.78. The molecule has 27 heavy (non-hydrogen) atoms. The van der Waals surface area contributed by atoms with Gasteiger partial charge in [-0.2, -0.15) is 0 Å². The SMILES string of the molecule is CCCN1CCC(NC(=NCCc2cccs2)NCCc2ccco2)CC1. The molecule has 1 aliphatic rings. The Bertz CT molecular complexity index is 646. The molecule has 5 nitrogen and oxygen atoms in total. The van der Waals surface area contributed by atoms with E-state index in [1.54, 1.807) is 17.6 Å². The Hall–Kier alpha value is -1.79. The van der Waals surface area contributed by atoms with Gasteiger partial charge in [0.1, 0.15) is 5.76 Å². The number of guanidine groups is 1. The molecule has 0 saturated carbocycles. The van der Waals surface area contributed by atoms with Crippen LogP contribution in [0.1, 0.15) is 36.8 Å². The number of hydrogen-bond acceptors (Lipinski definition) is 4. The van der Waals surface area contributed by atoms with E-state index in [9.17, 15) is 0 Å². The molecule has 0 spiro atoms. The predicted molar refractivity (Wildman–Crippen MR) is 114 cm³/mol. The third kappa shape index (κ3) is 7.03. The van der Waals surface area contributed by atoms with E-state index in [4.69, 9.17) is 9.41 Å². The van der Waals surface area contributed by atoms with Crippen molar-refractivity contribution in [2.24, 2.45) is 4.99 Å². The van der Waals surface area contributed by atoms with Gasteiger partial charge in [-0.25, -0.2) is 0 Å². The second kappa shape index (κ2) is 11.1. The molecule has 148 valence electrons. The van der Waals surface area contributed by atoms with Gasteiger partial charge in [0.25, 0.3) is 0 Å². The van der Waals surface area contributed by atoms with Crippen LogP contribution in [-0.2, 0) is 12.8 Å². The highest BCUT2D eigenvalue weighted by Gasteiger charge is 2.19. The first-order chi connectivity index (χ1) is 13.3.